The molecule has 0 amide bonds. The van der Waals surface area contributed by atoms with Gasteiger partial charge in [0.05, 0.1) is 0 Å². The summed E-state index contributed by atoms with van der Waals surface area (Å²) in [6, 6.07) is 2.61. The van der Waals surface area contributed by atoms with Crippen molar-refractivity contribution in [1.29, 1.82) is 0 Å². The fourth-order valence-corrected chi connectivity index (χ4v) is 1.76. The Hall–Kier alpha value is -1.61. The molecule has 0 aromatic rings. The molecule has 13 heavy (non-hydrogen) atoms. The van der Waals surface area contributed by atoms with E-state index < -0.39 is 0 Å². The third-order valence-electron chi connectivity index (χ3n) is 1.49. The molecule has 5 heteroatoms. The van der Waals surface area contributed by atoms with Crippen LogP contribution in [0.5, 0.6) is 0 Å². The van der Waals surface area contributed by atoms with E-state index in [0.29, 0.717) is 0 Å². The van der Waals surface area contributed by atoms with Gasteiger partial charge < -0.3 is 4.74 Å². The van der Waals surface area contributed by atoms with E-state index in [1.807, 2.05) is 0 Å². The van der Waals surface area contributed by atoms with Gasteiger partial charge in [-0.15, -0.1) is 0 Å². The van der Waals surface area contributed by atoms with Crippen molar-refractivity contribution in [2.75, 3.05) is 13.2 Å². The minimum absolute atomic E-state index is 0. The van der Waals surface area contributed by atoms with Gasteiger partial charge in [-0.1, -0.05) is 26.2 Å². The Morgan fingerprint density at radius 1 is 0.769 bits per heavy atom. The molecule has 0 saturated carbocycles. The largest absolute Gasteiger partial charge is 0.382 e. The van der Waals surface area contributed by atoms with E-state index in [0.717, 1.165) is 13.2 Å². The number of hydrogen-bond acceptors (Lipinski definition) is 1. The van der Waals surface area contributed by atoms with E-state index >= 15 is 0 Å². The van der Waals surface area contributed by atoms with Gasteiger partial charge >= 0.3 is 0 Å². The maximum absolute atomic E-state index is 5.51. The minimum Gasteiger partial charge on any atom is -0.382 e. The number of hydrogen-bond donors (Lipinski definition) is 0. The second-order valence-electron chi connectivity index (χ2n) is 3.53. The zero-order valence-corrected chi connectivity index (χ0v) is 24.4. The molecule has 0 fully saturated rings. The summed E-state index contributed by atoms with van der Waals surface area (Å²) in [6.45, 7) is 11.3. The smallest absolute Gasteiger partial charge is 0.0440 e. The molecule has 0 aliphatic heterocycles. The first-order valence-corrected chi connectivity index (χ1v) is 9.70. The second-order valence-corrected chi connectivity index (χ2v) is 9.36. The van der Waals surface area contributed by atoms with Gasteiger partial charge in [0.15, 0.2) is 0 Å². The average Bonchev–Trinajstić information content (AvgIpc) is 1.85. The Kier molecular flexibility index (Phi) is 14.0. The van der Waals surface area contributed by atoms with Crippen LogP contribution in [-0.2, 0) is 4.74 Å². The molecular formula is C8H20ORf2Si2. The van der Waals surface area contributed by atoms with E-state index in [9.17, 15) is 0 Å². The summed E-state index contributed by atoms with van der Waals surface area (Å²) >= 11 is 0. The van der Waals surface area contributed by atoms with Crippen LogP contribution in [0.15, 0.2) is 0 Å². The Bertz CT molecular complexity index is 82.2. The Labute approximate surface area is 74.4 Å². The maximum Gasteiger partial charge on any atom is 0.0440 e. The molecule has 0 aromatic heterocycles. The molecule has 2 radical (unpaired) electrons. The van der Waals surface area contributed by atoms with E-state index in [-0.39, 0.29) is 17.6 Å². The molecule has 0 rings (SSSR count). The molecule has 0 N–H and O–H groups in total. The quantitative estimate of drug-likeness (QED) is 0.303. The number of ether oxygens (including phenoxy) is 1. The van der Waals surface area contributed by atoms with Crippen LogP contribution in [0, 0.1) is 0 Å². The predicted molar refractivity (Wildman–Crippen MR) is 55.4 cm³/mol. The fourth-order valence-electron chi connectivity index (χ4n) is 0.655. The van der Waals surface area contributed by atoms with Crippen LogP contribution in [0.2, 0.25) is 38.3 Å². The molecule has 0 aromatic carbocycles. The van der Waals surface area contributed by atoms with Crippen LogP contribution in [0.3, 0.4) is 0 Å². The summed E-state index contributed by atoms with van der Waals surface area (Å²) in [4.78, 5) is 0. The predicted octanol–water partition coefficient (Wildman–Crippen LogP) is 2.51. The molecule has 0 heterocycles. The Balaban J connectivity index is -0.000000500. The Morgan fingerprint density at radius 2 is 1.08 bits per heavy atom. The standard InChI is InChI=1S/C8H20OSi2.2Rf/c1-10(2)7-5-9-6-8-11(3)4;;/h5-8H2,1-4H3;;. The van der Waals surface area contributed by atoms with Crippen molar-refractivity contribution < 1.29 is 4.74 Å². The topological polar surface area (TPSA) is 9.23 Å². The Morgan fingerprint density at radius 3 is 1.31 bits per heavy atom. The van der Waals surface area contributed by atoms with Gasteiger partial charge in [0, 0.05) is 30.8 Å². The monoisotopic (exact) mass is 722 g/mol. The van der Waals surface area contributed by atoms with Crippen LogP contribution in [-0.4, -0.2) is 30.8 Å². The summed E-state index contributed by atoms with van der Waals surface area (Å²) in [6.07, 6.45) is 0. The van der Waals surface area contributed by atoms with Gasteiger partial charge in [0.25, 0.3) is 0 Å². The normalized spacial score (nSPS) is 9.69. The summed E-state index contributed by atoms with van der Waals surface area (Å²) in [7, 11) is -0.104. The summed E-state index contributed by atoms with van der Waals surface area (Å²) in [5.41, 5.74) is 0. The van der Waals surface area contributed by atoms with Gasteiger partial charge in [-0.25, -0.2) is 0 Å². The van der Waals surface area contributed by atoms with Gasteiger partial charge in [0.2, 0.25) is 0 Å². The van der Waals surface area contributed by atoms with Crippen LogP contribution in [0.1, 0.15) is 0 Å². The zero-order chi connectivity index (χ0) is 8.69. The molecule has 0 spiro atoms. The fraction of sp³-hybridized carbons (Fsp3) is 1.00. The molecule has 0 aliphatic rings. The molecule has 70 valence electrons. The molecule has 1 nitrogen and oxygen atoms in total. The van der Waals surface area contributed by atoms with Crippen LogP contribution in [0.4, 0.5) is 0 Å². The van der Waals surface area contributed by atoms with Crippen molar-refractivity contribution in [1.82, 2.24) is 0 Å². The van der Waals surface area contributed by atoms with Gasteiger partial charge in [-0.05, 0) is 12.1 Å². The molecule has 0 atom stereocenters. The van der Waals surface area contributed by atoms with Crippen molar-refractivity contribution >= 4 is 17.6 Å². The SMILES string of the molecule is C[Si](C)CCOCC[Si](C)C.[Rf].[Rf]. The van der Waals surface area contributed by atoms with Crippen molar-refractivity contribution in [3.05, 3.63) is 0 Å². The van der Waals surface area contributed by atoms with E-state index in [1.54, 1.807) is 0 Å². The van der Waals surface area contributed by atoms with Gasteiger partial charge in [-0.2, -0.15) is 0 Å². The third kappa shape index (κ3) is 17.9. The summed E-state index contributed by atoms with van der Waals surface area (Å²) in [5, 5.41) is 0. The molecule has 0 bridgehead atoms. The van der Waals surface area contributed by atoms with Crippen molar-refractivity contribution in [3.8, 4) is 0 Å². The van der Waals surface area contributed by atoms with Crippen molar-refractivity contribution in [2.45, 2.75) is 38.3 Å². The van der Waals surface area contributed by atoms with E-state index in [1.165, 1.54) is 12.1 Å². The van der Waals surface area contributed by atoms with Gasteiger partial charge in [0.1, 0.15) is 0 Å². The maximum atomic E-state index is 5.51. The van der Waals surface area contributed by atoms with Crippen LogP contribution < -0.4 is 0 Å². The van der Waals surface area contributed by atoms with E-state index in [2.05, 4.69) is 26.2 Å². The van der Waals surface area contributed by atoms with Crippen LogP contribution >= 0.6 is 0 Å². The minimum atomic E-state index is -0.0518. The summed E-state index contributed by atoms with van der Waals surface area (Å²) in [5.74, 6) is 0. The molecule has 0 saturated heterocycles. The van der Waals surface area contributed by atoms with Crippen molar-refractivity contribution in [3.63, 3.8) is 0 Å². The summed E-state index contributed by atoms with van der Waals surface area (Å²) < 4.78 is 5.51. The first-order valence-electron chi connectivity index (χ1n) is 4.28. The molecule has 0 aliphatic carbocycles. The third-order valence-corrected chi connectivity index (χ3v) is 3.90. The zero-order valence-electron chi connectivity index (χ0n) is 9.65. The first-order chi connectivity index (χ1) is 5.13. The average molecular weight is 722 g/mol. The second kappa shape index (κ2) is 10.4. The number of rotatable bonds is 6. The van der Waals surface area contributed by atoms with E-state index in [4.69, 9.17) is 4.74 Å². The first kappa shape index (κ1) is 17.5. The van der Waals surface area contributed by atoms with Gasteiger partial charge in [-0.3, -0.25) is 0 Å². The molecular weight excluding hydrogens is 702 g/mol. The van der Waals surface area contributed by atoms with Crippen molar-refractivity contribution in [2.24, 2.45) is 0 Å². The molecule has 0 unspecified atom stereocenters. The van der Waals surface area contributed by atoms with Crippen LogP contribution in [0.25, 0.3) is 0 Å².